The highest BCUT2D eigenvalue weighted by Crippen LogP contribution is 2.25. The first kappa shape index (κ1) is 14.9. The van der Waals surface area contributed by atoms with Crippen LogP contribution >= 0.6 is 0 Å². The fourth-order valence-electron chi connectivity index (χ4n) is 1.62. The summed E-state index contributed by atoms with van der Waals surface area (Å²) in [5.41, 5.74) is 5.11. The average Bonchev–Trinajstić information content (AvgIpc) is 2.35. The summed E-state index contributed by atoms with van der Waals surface area (Å²) in [4.78, 5) is 22.3. The summed E-state index contributed by atoms with van der Waals surface area (Å²) in [5.74, 6) is -0.511. The molecule has 1 aromatic rings. The van der Waals surface area contributed by atoms with Crippen LogP contribution in [0.15, 0.2) is 18.2 Å². The molecule has 19 heavy (non-hydrogen) atoms. The predicted molar refractivity (Wildman–Crippen MR) is 70.9 cm³/mol. The Labute approximate surface area is 110 Å². The van der Waals surface area contributed by atoms with Crippen molar-refractivity contribution in [2.75, 3.05) is 19.5 Å². The highest BCUT2D eigenvalue weighted by molar-refractivity contribution is 6.00. The third kappa shape index (κ3) is 3.92. The first-order valence-electron chi connectivity index (χ1n) is 5.80. The molecule has 1 aromatic carbocycles. The van der Waals surface area contributed by atoms with Crippen LogP contribution in [0.4, 0.5) is 11.4 Å². The molecule has 0 aromatic heterocycles. The molecule has 0 spiro atoms. The molecule has 1 rings (SSSR count). The van der Waals surface area contributed by atoms with Crippen molar-refractivity contribution in [1.29, 1.82) is 0 Å². The van der Waals surface area contributed by atoms with Crippen LogP contribution in [0.3, 0.4) is 0 Å². The van der Waals surface area contributed by atoms with E-state index in [2.05, 4.69) is 5.32 Å². The van der Waals surface area contributed by atoms with Gasteiger partial charge in [-0.15, -0.1) is 0 Å². The number of nitro benzene ring substituents is 1. The Morgan fingerprint density at radius 2 is 2.26 bits per heavy atom. The van der Waals surface area contributed by atoms with Crippen molar-refractivity contribution >= 4 is 17.3 Å². The van der Waals surface area contributed by atoms with E-state index in [-0.39, 0.29) is 23.0 Å². The zero-order valence-electron chi connectivity index (χ0n) is 10.9. The smallest absolute Gasteiger partial charge is 0.304 e. The van der Waals surface area contributed by atoms with E-state index in [9.17, 15) is 14.9 Å². The predicted octanol–water partition coefficient (Wildman–Crippen LogP) is 1.33. The molecule has 0 fully saturated rings. The van der Waals surface area contributed by atoms with Crippen LogP contribution in [0.25, 0.3) is 0 Å². The normalized spacial score (nSPS) is 11.9. The number of nitrogen functional groups attached to an aromatic ring is 1. The van der Waals surface area contributed by atoms with E-state index in [1.807, 2.05) is 0 Å². The summed E-state index contributed by atoms with van der Waals surface area (Å²) in [6, 6.07) is 4.14. The van der Waals surface area contributed by atoms with Gasteiger partial charge in [-0.2, -0.15) is 0 Å². The van der Waals surface area contributed by atoms with Gasteiger partial charge in [0.2, 0.25) is 0 Å². The van der Waals surface area contributed by atoms with Crippen LogP contribution in [0.1, 0.15) is 23.7 Å². The lowest BCUT2D eigenvalue weighted by Crippen LogP contribution is -2.33. The van der Waals surface area contributed by atoms with Crippen molar-refractivity contribution in [2.45, 2.75) is 19.4 Å². The number of nitro groups is 1. The molecule has 7 nitrogen and oxygen atoms in total. The Balaban J connectivity index is 2.88. The lowest BCUT2D eigenvalue weighted by molar-refractivity contribution is -0.384. The van der Waals surface area contributed by atoms with E-state index in [1.54, 1.807) is 14.0 Å². The van der Waals surface area contributed by atoms with Crippen molar-refractivity contribution in [1.82, 2.24) is 5.32 Å². The molecular formula is C12H17N3O4. The minimum atomic E-state index is -0.649. The second-order valence-electron chi connectivity index (χ2n) is 4.16. The zero-order valence-corrected chi connectivity index (χ0v) is 10.9. The summed E-state index contributed by atoms with van der Waals surface area (Å²) >= 11 is 0. The first-order valence-corrected chi connectivity index (χ1v) is 5.80. The molecule has 0 aliphatic rings. The number of ether oxygens (including phenoxy) is 1. The number of para-hydroxylation sites is 1. The Morgan fingerprint density at radius 3 is 2.84 bits per heavy atom. The molecule has 3 N–H and O–H groups in total. The van der Waals surface area contributed by atoms with Gasteiger partial charge in [0.05, 0.1) is 4.92 Å². The number of nitrogens with two attached hydrogens (primary N) is 1. The van der Waals surface area contributed by atoms with Crippen LogP contribution in [-0.4, -0.2) is 30.6 Å². The number of benzene rings is 1. The number of nitrogens with one attached hydrogen (secondary N) is 1. The van der Waals surface area contributed by atoms with Gasteiger partial charge < -0.3 is 15.8 Å². The van der Waals surface area contributed by atoms with E-state index < -0.39 is 10.8 Å². The van der Waals surface area contributed by atoms with Crippen LogP contribution in [0, 0.1) is 10.1 Å². The lowest BCUT2D eigenvalue weighted by Gasteiger charge is -2.13. The van der Waals surface area contributed by atoms with Crippen LogP contribution < -0.4 is 11.1 Å². The fourth-order valence-corrected chi connectivity index (χ4v) is 1.62. The molecule has 0 heterocycles. The summed E-state index contributed by atoms with van der Waals surface area (Å²) in [5, 5.41) is 13.6. The van der Waals surface area contributed by atoms with Crippen LogP contribution in [-0.2, 0) is 4.74 Å². The molecule has 0 saturated heterocycles. The summed E-state index contributed by atoms with van der Waals surface area (Å²) in [6.07, 6.45) is 0.623. The van der Waals surface area contributed by atoms with Gasteiger partial charge in [-0.1, -0.05) is 6.07 Å². The number of methoxy groups -OCH3 is 1. The van der Waals surface area contributed by atoms with Crippen molar-refractivity contribution in [3.05, 3.63) is 33.9 Å². The number of carbonyl (C=O) groups is 1. The molecule has 0 bridgehead atoms. The Kier molecular flexibility index (Phi) is 5.25. The highest BCUT2D eigenvalue weighted by Gasteiger charge is 2.23. The number of hydrogen-bond acceptors (Lipinski definition) is 5. The van der Waals surface area contributed by atoms with Crippen molar-refractivity contribution in [2.24, 2.45) is 0 Å². The zero-order chi connectivity index (χ0) is 14.4. The quantitative estimate of drug-likeness (QED) is 0.459. The Morgan fingerprint density at radius 1 is 1.58 bits per heavy atom. The van der Waals surface area contributed by atoms with Gasteiger partial charge in [0.25, 0.3) is 5.91 Å². The summed E-state index contributed by atoms with van der Waals surface area (Å²) < 4.78 is 4.90. The first-order chi connectivity index (χ1) is 8.97. The molecule has 7 heteroatoms. The summed E-state index contributed by atoms with van der Waals surface area (Å²) in [7, 11) is 1.57. The van der Waals surface area contributed by atoms with Gasteiger partial charge in [-0.25, -0.2) is 0 Å². The van der Waals surface area contributed by atoms with E-state index in [0.717, 1.165) is 0 Å². The largest absolute Gasteiger partial charge is 0.393 e. The maximum absolute atomic E-state index is 12.0. The van der Waals surface area contributed by atoms with Crippen molar-refractivity contribution < 1.29 is 14.5 Å². The van der Waals surface area contributed by atoms with Crippen LogP contribution in [0.2, 0.25) is 0 Å². The minimum absolute atomic E-state index is 0.0257. The second kappa shape index (κ2) is 6.69. The van der Waals surface area contributed by atoms with Gasteiger partial charge in [0.15, 0.2) is 0 Å². The highest BCUT2D eigenvalue weighted by atomic mass is 16.6. The monoisotopic (exact) mass is 267 g/mol. The van der Waals surface area contributed by atoms with E-state index >= 15 is 0 Å². The molecule has 0 radical (unpaired) electrons. The Bertz CT molecular complexity index is 476. The fraction of sp³-hybridized carbons (Fsp3) is 0.417. The molecule has 0 saturated carbocycles. The van der Waals surface area contributed by atoms with Gasteiger partial charge in [-0.05, 0) is 25.5 Å². The number of rotatable bonds is 6. The molecule has 1 unspecified atom stereocenters. The average molecular weight is 267 g/mol. The lowest BCUT2D eigenvalue weighted by atomic mass is 10.1. The summed E-state index contributed by atoms with van der Waals surface area (Å²) in [6.45, 7) is 2.30. The number of nitrogens with zero attached hydrogens (tertiary/aromatic N) is 1. The number of carbonyl (C=O) groups excluding carboxylic acids is 1. The Hall–Kier alpha value is -2.15. The maximum Gasteiger partial charge on any atom is 0.304 e. The van der Waals surface area contributed by atoms with Crippen molar-refractivity contribution in [3.8, 4) is 0 Å². The minimum Gasteiger partial charge on any atom is -0.393 e. The van der Waals surface area contributed by atoms with Crippen LogP contribution in [0.5, 0.6) is 0 Å². The molecule has 1 amide bonds. The van der Waals surface area contributed by atoms with E-state index in [1.165, 1.54) is 18.2 Å². The van der Waals surface area contributed by atoms with Gasteiger partial charge in [0, 0.05) is 19.8 Å². The maximum atomic E-state index is 12.0. The number of hydrogen-bond donors (Lipinski definition) is 2. The topological polar surface area (TPSA) is 107 Å². The molecule has 0 aliphatic heterocycles. The second-order valence-corrected chi connectivity index (χ2v) is 4.16. The van der Waals surface area contributed by atoms with Gasteiger partial charge in [0.1, 0.15) is 11.3 Å². The van der Waals surface area contributed by atoms with Gasteiger partial charge in [-0.3, -0.25) is 14.9 Å². The van der Waals surface area contributed by atoms with E-state index in [0.29, 0.717) is 13.0 Å². The molecule has 1 atom stereocenters. The molecule has 104 valence electrons. The standard InChI is InChI=1S/C12H17N3O4/c1-8(6-7-19-2)14-12(16)9-4-3-5-10(13)11(9)15(17)18/h3-5,8H,6-7,13H2,1-2H3,(H,14,16). The third-order valence-corrected chi connectivity index (χ3v) is 2.63. The van der Waals surface area contributed by atoms with Crippen molar-refractivity contribution in [3.63, 3.8) is 0 Å². The SMILES string of the molecule is COCCC(C)NC(=O)c1cccc(N)c1[N+](=O)[O-]. The number of amides is 1. The third-order valence-electron chi connectivity index (χ3n) is 2.63. The van der Waals surface area contributed by atoms with E-state index in [4.69, 9.17) is 10.5 Å². The number of anilines is 1. The van der Waals surface area contributed by atoms with Gasteiger partial charge >= 0.3 is 5.69 Å². The molecule has 0 aliphatic carbocycles. The molecular weight excluding hydrogens is 250 g/mol.